The maximum Gasteiger partial charge on any atom is 0.223 e. The summed E-state index contributed by atoms with van der Waals surface area (Å²) in [6, 6.07) is 0. The maximum atomic E-state index is 12.3. The molecule has 134 valence electrons. The molecule has 3 rings (SSSR count). The van der Waals surface area contributed by atoms with Crippen LogP contribution in [0.2, 0.25) is 0 Å². The maximum absolute atomic E-state index is 12.3. The van der Waals surface area contributed by atoms with E-state index in [1.165, 1.54) is 34.7 Å². The number of nitrogens with zero attached hydrogens (tertiary/aromatic N) is 3. The lowest BCUT2D eigenvalue weighted by molar-refractivity contribution is -0.126. The zero-order valence-corrected chi connectivity index (χ0v) is 15.0. The van der Waals surface area contributed by atoms with E-state index in [1.54, 1.807) is 0 Å². The molecule has 2 aliphatic rings. The molecule has 0 aromatic carbocycles. The van der Waals surface area contributed by atoms with Crippen LogP contribution < -0.4 is 5.32 Å². The monoisotopic (exact) mass is 354 g/mol. The van der Waals surface area contributed by atoms with Gasteiger partial charge in [-0.2, -0.15) is 5.10 Å². The van der Waals surface area contributed by atoms with Gasteiger partial charge in [0.25, 0.3) is 0 Å². The van der Waals surface area contributed by atoms with Gasteiger partial charge < -0.3 is 5.32 Å². The first-order valence-corrected chi connectivity index (χ1v) is 10.6. The summed E-state index contributed by atoms with van der Waals surface area (Å²) in [5.41, 5.74) is 2.66. The Kier molecular flexibility index (Phi) is 5.24. The minimum Gasteiger partial charge on any atom is -0.354 e. The van der Waals surface area contributed by atoms with Crippen LogP contribution in [-0.4, -0.2) is 54.3 Å². The van der Waals surface area contributed by atoms with E-state index in [1.807, 2.05) is 10.9 Å². The highest BCUT2D eigenvalue weighted by molar-refractivity contribution is 7.88. The normalized spacial score (nSPS) is 19.9. The molecule has 7 nitrogen and oxygen atoms in total. The fourth-order valence-electron chi connectivity index (χ4n) is 3.63. The first kappa shape index (κ1) is 17.4. The van der Waals surface area contributed by atoms with Crippen molar-refractivity contribution in [3.63, 3.8) is 0 Å². The summed E-state index contributed by atoms with van der Waals surface area (Å²) in [4.78, 5) is 12.3. The minimum atomic E-state index is -3.14. The number of sulfonamides is 1. The Bertz CT molecular complexity index is 690. The van der Waals surface area contributed by atoms with Crippen LogP contribution in [-0.2, 0) is 34.2 Å². The molecule has 1 aromatic rings. The molecule has 1 amide bonds. The van der Waals surface area contributed by atoms with Gasteiger partial charge in [-0.3, -0.25) is 9.48 Å². The molecule has 24 heavy (non-hydrogen) atoms. The summed E-state index contributed by atoms with van der Waals surface area (Å²) in [5.74, 6) is -0.0567. The third-order valence-corrected chi connectivity index (χ3v) is 6.36. The van der Waals surface area contributed by atoms with E-state index >= 15 is 0 Å². The van der Waals surface area contributed by atoms with E-state index in [9.17, 15) is 13.2 Å². The molecular weight excluding hydrogens is 328 g/mol. The molecular formula is C16H26N4O3S. The molecule has 0 unspecified atom stereocenters. The summed E-state index contributed by atoms with van der Waals surface area (Å²) in [6.07, 6.45) is 9.00. The van der Waals surface area contributed by atoms with Crippen molar-refractivity contribution in [1.29, 1.82) is 0 Å². The van der Waals surface area contributed by atoms with Crippen LogP contribution in [0.25, 0.3) is 0 Å². The smallest absolute Gasteiger partial charge is 0.223 e. The molecule has 0 radical (unpaired) electrons. The topological polar surface area (TPSA) is 84.3 Å². The number of carbonyl (C=O) groups is 1. The molecule has 2 heterocycles. The fourth-order valence-corrected chi connectivity index (χ4v) is 4.50. The number of piperidine rings is 1. The van der Waals surface area contributed by atoms with E-state index in [0.29, 0.717) is 39.0 Å². The van der Waals surface area contributed by atoms with Crippen molar-refractivity contribution in [2.24, 2.45) is 5.92 Å². The van der Waals surface area contributed by atoms with E-state index in [0.717, 1.165) is 12.8 Å². The van der Waals surface area contributed by atoms with Crippen molar-refractivity contribution in [2.45, 2.75) is 45.1 Å². The highest BCUT2D eigenvalue weighted by Gasteiger charge is 2.28. The van der Waals surface area contributed by atoms with Gasteiger partial charge in [0.05, 0.1) is 19.0 Å². The number of nitrogens with one attached hydrogen (secondary N) is 1. The van der Waals surface area contributed by atoms with Gasteiger partial charge >= 0.3 is 0 Å². The molecule has 0 atom stereocenters. The number of hydrogen-bond donors (Lipinski definition) is 1. The Morgan fingerprint density at radius 1 is 1.29 bits per heavy atom. The SMILES string of the molecule is CS(=O)(=O)N1CCC(C(=O)NCCn2ncc3c2CCCC3)CC1. The zero-order chi connectivity index (χ0) is 17.2. The molecule has 8 heteroatoms. The van der Waals surface area contributed by atoms with Gasteiger partial charge in [0.15, 0.2) is 0 Å². The van der Waals surface area contributed by atoms with Crippen molar-refractivity contribution in [3.05, 3.63) is 17.5 Å². The molecule has 1 saturated heterocycles. The lowest BCUT2D eigenvalue weighted by atomic mass is 9.97. The van der Waals surface area contributed by atoms with Gasteiger partial charge in [-0.25, -0.2) is 12.7 Å². The quantitative estimate of drug-likeness (QED) is 0.837. The summed E-state index contributed by atoms with van der Waals surface area (Å²) >= 11 is 0. The Balaban J connectivity index is 1.44. The molecule has 1 N–H and O–H groups in total. The Morgan fingerprint density at radius 2 is 2.00 bits per heavy atom. The number of hydrogen-bond acceptors (Lipinski definition) is 4. The predicted molar refractivity (Wildman–Crippen MR) is 91.0 cm³/mol. The van der Waals surface area contributed by atoms with Gasteiger partial charge in [0.2, 0.25) is 15.9 Å². The largest absolute Gasteiger partial charge is 0.354 e. The minimum absolute atomic E-state index is 0.0316. The third kappa shape index (κ3) is 3.97. The summed E-state index contributed by atoms with van der Waals surface area (Å²) < 4.78 is 26.5. The second-order valence-electron chi connectivity index (χ2n) is 6.77. The Morgan fingerprint density at radius 3 is 2.71 bits per heavy atom. The van der Waals surface area contributed by atoms with Crippen molar-refractivity contribution in [2.75, 3.05) is 25.9 Å². The predicted octanol–water partition coefficient (Wildman–Crippen LogP) is 0.550. The molecule has 0 bridgehead atoms. The second-order valence-corrected chi connectivity index (χ2v) is 8.76. The highest BCUT2D eigenvalue weighted by atomic mass is 32.2. The van der Waals surface area contributed by atoms with Crippen LogP contribution >= 0.6 is 0 Å². The van der Waals surface area contributed by atoms with Crippen molar-refractivity contribution in [3.8, 4) is 0 Å². The molecule has 0 saturated carbocycles. The van der Waals surface area contributed by atoms with Gasteiger partial charge in [0, 0.05) is 31.2 Å². The number of aromatic nitrogens is 2. The standard InChI is InChI=1S/C16H26N4O3S/c1-24(22,23)19-9-6-13(7-10-19)16(21)17-8-11-20-15-5-3-2-4-14(15)12-18-20/h12-13H,2-11H2,1H3,(H,17,21). The van der Waals surface area contributed by atoms with E-state index in [2.05, 4.69) is 10.4 Å². The van der Waals surface area contributed by atoms with Crippen LogP contribution in [0.3, 0.4) is 0 Å². The Labute approximate surface area is 143 Å². The van der Waals surface area contributed by atoms with E-state index in [-0.39, 0.29) is 11.8 Å². The van der Waals surface area contributed by atoms with Crippen LogP contribution in [0.5, 0.6) is 0 Å². The summed E-state index contributed by atoms with van der Waals surface area (Å²) in [7, 11) is -3.14. The number of rotatable bonds is 5. The molecule has 1 fully saturated rings. The van der Waals surface area contributed by atoms with Gasteiger partial charge in [-0.1, -0.05) is 0 Å². The first-order chi connectivity index (χ1) is 11.4. The average Bonchev–Trinajstić information content (AvgIpc) is 2.97. The van der Waals surface area contributed by atoms with Crippen molar-refractivity contribution >= 4 is 15.9 Å². The van der Waals surface area contributed by atoms with E-state index < -0.39 is 10.0 Å². The lowest BCUT2D eigenvalue weighted by Crippen LogP contribution is -2.43. The second kappa shape index (κ2) is 7.23. The number of amides is 1. The number of fused-ring (bicyclic) bond motifs is 1. The molecule has 1 aliphatic heterocycles. The number of aryl methyl sites for hydroxylation is 1. The van der Waals surface area contributed by atoms with Crippen molar-refractivity contribution in [1.82, 2.24) is 19.4 Å². The fraction of sp³-hybridized carbons (Fsp3) is 0.750. The van der Waals surface area contributed by atoms with Crippen LogP contribution in [0.1, 0.15) is 36.9 Å². The zero-order valence-electron chi connectivity index (χ0n) is 14.2. The first-order valence-electron chi connectivity index (χ1n) is 8.71. The van der Waals surface area contributed by atoms with Crippen molar-refractivity contribution < 1.29 is 13.2 Å². The average molecular weight is 354 g/mol. The van der Waals surface area contributed by atoms with Crippen LogP contribution in [0.15, 0.2) is 6.20 Å². The highest BCUT2D eigenvalue weighted by Crippen LogP contribution is 2.21. The summed E-state index contributed by atoms with van der Waals surface area (Å²) in [6.45, 7) is 2.13. The molecule has 0 spiro atoms. The number of carbonyl (C=O) groups excluding carboxylic acids is 1. The Hall–Kier alpha value is -1.41. The van der Waals surface area contributed by atoms with Crippen LogP contribution in [0.4, 0.5) is 0 Å². The lowest BCUT2D eigenvalue weighted by Gasteiger charge is -2.29. The van der Waals surface area contributed by atoms with Gasteiger partial charge in [0.1, 0.15) is 0 Å². The summed E-state index contributed by atoms with van der Waals surface area (Å²) in [5, 5.41) is 7.42. The van der Waals surface area contributed by atoms with Gasteiger partial charge in [-0.15, -0.1) is 0 Å². The third-order valence-electron chi connectivity index (χ3n) is 5.06. The molecule has 1 aromatic heterocycles. The van der Waals surface area contributed by atoms with E-state index in [4.69, 9.17) is 0 Å². The van der Waals surface area contributed by atoms with Crippen LogP contribution in [0, 0.1) is 5.92 Å². The van der Waals surface area contributed by atoms with Gasteiger partial charge in [-0.05, 0) is 44.1 Å². The molecule has 1 aliphatic carbocycles.